The molecule has 0 unspecified atom stereocenters. The van der Waals surface area contributed by atoms with Gasteiger partial charge in [0.2, 0.25) is 0 Å². The van der Waals surface area contributed by atoms with Crippen LogP contribution < -0.4 is 10.4 Å². The molecule has 8 aromatic carbocycles. The minimum Gasteiger partial charge on any atom is -0.0623 e. The first-order chi connectivity index (χ1) is 25.2. The Bertz CT molecular complexity index is 2430. The van der Waals surface area contributed by atoms with E-state index in [0.29, 0.717) is 0 Å². The van der Waals surface area contributed by atoms with E-state index in [-0.39, 0.29) is 0 Å². The van der Waals surface area contributed by atoms with Crippen LogP contribution in [0.2, 0.25) is 0 Å². The Kier molecular flexibility index (Phi) is 7.72. The number of aryl methyl sites for hydroxylation is 2. The summed E-state index contributed by atoms with van der Waals surface area (Å²) >= 11 is 0. The number of allylic oxidation sites excluding steroid dienone is 2. The topological polar surface area (TPSA) is 0 Å². The summed E-state index contributed by atoms with van der Waals surface area (Å²) in [6.07, 6.45) is 0. The molecule has 0 radical (unpaired) electrons. The van der Waals surface area contributed by atoms with Crippen LogP contribution in [0.15, 0.2) is 194 Å². The first-order valence-corrected chi connectivity index (χ1v) is 19.9. The van der Waals surface area contributed by atoms with Crippen molar-refractivity contribution in [3.63, 3.8) is 0 Å². The Balaban J connectivity index is 1.63. The van der Waals surface area contributed by atoms with E-state index in [9.17, 15) is 0 Å². The van der Waals surface area contributed by atoms with Crippen molar-refractivity contribution < 1.29 is 0 Å². The Hall–Kier alpha value is -6.02. The molecule has 51 heavy (non-hydrogen) atoms. The zero-order chi connectivity index (χ0) is 34.4. The van der Waals surface area contributed by atoms with Crippen LogP contribution in [-0.4, -0.2) is 8.07 Å². The predicted molar refractivity (Wildman–Crippen MR) is 222 cm³/mol. The molecule has 0 atom stereocenters. The molecule has 0 fully saturated rings. The van der Waals surface area contributed by atoms with Gasteiger partial charge in [0, 0.05) is 0 Å². The first-order valence-electron chi connectivity index (χ1n) is 17.9. The molecule has 0 amide bonds. The van der Waals surface area contributed by atoms with Crippen molar-refractivity contribution in [1.82, 2.24) is 0 Å². The lowest BCUT2D eigenvalue weighted by Crippen LogP contribution is -2.60. The summed E-state index contributed by atoms with van der Waals surface area (Å²) in [5.41, 5.74) is 10.5. The van der Waals surface area contributed by atoms with Gasteiger partial charge in [0.25, 0.3) is 0 Å². The van der Waals surface area contributed by atoms with Gasteiger partial charge >= 0.3 is 0 Å². The van der Waals surface area contributed by atoms with Gasteiger partial charge in [0.1, 0.15) is 0 Å². The van der Waals surface area contributed by atoms with Gasteiger partial charge in [-0.05, 0) is 101 Å². The molecule has 0 saturated heterocycles. The van der Waals surface area contributed by atoms with E-state index in [4.69, 9.17) is 0 Å². The second-order valence-electron chi connectivity index (χ2n) is 13.7. The van der Waals surface area contributed by atoms with E-state index < -0.39 is 8.07 Å². The SMILES string of the molecule is Cc1ccc2ccccc2c1C1=C(c2ccccc2)C(c2ccccc2)=C(c2c(C)ccc3ccccc23)[Si]1(c1ccccc1)c1ccccc1. The van der Waals surface area contributed by atoms with Crippen LogP contribution >= 0.6 is 0 Å². The largest absolute Gasteiger partial charge is 0.182 e. The van der Waals surface area contributed by atoms with Crippen molar-refractivity contribution in [2.45, 2.75) is 13.8 Å². The van der Waals surface area contributed by atoms with Crippen molar-refractivity contribution in [3.05, 3.63) is 228 Å². The summed E-state index contributed by atoms with van der Waals surface area (Å²) in [6, 6.07) is 72.6. The molecule has 0 saturated carbocycles. The third-order valence-electron chi connectivity index (χ3n) is 10.8. The molecule has 9 rings (SSSR count). The van der Waals surface area contributed by atoms with Crippen LogP contribution in [0.5, 0.6) is 0 Å². The molecule has 1 aliphatic heterocycles. The van der Waals surface area contributed by atoms with Gasteiger partial charge in [0.05, 0.1) is 0 Å². The zero-order valence-electron chi connectivity index (χ0n) is 29.0. The van der Waals surface area contributed by atoms with E-state index in [1.165, 1.54) is 86.8 Å². The van der Waals surface area contributed by atoms with E-state index in [1.807, 2.05) is 0 Å². The molecular weight excluding hydrogens is 629 g/mol. The monoisotopic (exact) mass is 666 g/mol. The Labute approximate surface area is 301 Å². The van der Waals surface area contributed by atoms with E-state index in [2.05, 4.69) is 208 Å². The highest BCUT2D eigenvalue weighted by Gasteiger charge is 2.54. The van der Waals surface area contributed by atoms with Crippen LogP contribution in [0.3, 0.4) is 0 Å². The molecule has 0 nitrogen and oxygen atoms in total. The predicted octanol–water partition coefficient (Wildman–Crippen LogP) is 11.5. The molecule has 1 heteroatoms. The molecule has 0 aromatic heterocycles. The highest BCUT2D eigenvalue weighted by atomic mass is 28.3. The number of benzene rings is 8. The smallest absolute Gasteiger partial charge is 0.0623 e. The fraction of sp³-hybridized carbons (Fsp3) is 0.0400. The minimum absolute atomic E-state index is 1.25. The number of fused-ring (bicyclic) bond motifs is 2. The van der Waals surface area contributed by atoms with Crippen LogP contribution in [0, 0.1) is 13.8 Å². The quantitative estimate of drug-likeness (QED) is 0.155. The Morgan fingerprint density at radius 3 is 1.04 bits per heavy atom. The van der Waals surface area contributed by atoms with Crippen molar-refractivity contribution in [3.8, 4) is 0 Å². The lowest BCUT2D eigenvalue weighted by molar-refractivity contribution is 1.46. The summed E-state index contributed by atoms with van der Waals surface area (Å²) < 4.78 is 0. The average molecular weight is 667 g/mol. The van der Waals surface area contributed by atoms with Crippen molar-refractivity contribution in [2.24, 2.45) is 0 Å². The van der Waals surface area contributed by atoms with Gasteiger partial charge in [-0.25, -0.2) is 0 Å². The van der Waals surface area contributed by atoms with E-state index in [1.54, 1.807) is 0 Å². The molecule has 1 aliphatic rings. The van der Waals surface area contributed by atoms with Crippen LogP contribution in [0.4, 0.5) is 0 Å². The highest BCUT2D eigenvalue weighted by molar-refractivity contribution is 7.29. The summed E-state index contributed by atoms with van der Waals surface area (Å²) in [6.45, 7) is 4.63. The van der Waals surface area contributed by atoms with Crippen LogP contribution in [-0.2, 0) is 0 Å². The molecule has 242 valence electrons. The van der Waals surface area contributed by atoms with E-state index in [0.717, 1.165) is 0 Å². The Morgan fingerprint density at radius 2 is 0.647 bits per heavy atom. The lowest BCUT2D eigenvalue weighted by Gasteiger charge is -2.37. The first kappa shape index (κ1) is 31.0. The van der Waals surface area contributed by atoms with Gasteiger partial charge in [-0.15, -0.1) is 0 Å². The summed E-state index contributed by atoms with van der Waals surface area (Å²) in [5.74, 6) is 0. The minimum atomic E-state index is -3.15. The van der Waals surface area contributed by atoms with Gasteiger partial charge in [0.15, 0.2) is 8.07 Å². The van der Waals surface area contributed by atoms with Crippen LogP contribution in [0.25, 0.3) is 43.1 Å². The molecule has 1 heterocycles. The van der Waals surface area contributed by atoms with Gasteiger partial charge < -0.3 is 0 Å². The fourth-order valence-corrected chi connectivity index (χ4v) is 14.5. The summed E-state index contributed by atoms with van der Waals surface area (Å²) in [5, 5.41) is 10.8. The standard InChI is InChI=1S/C50H38Si/c1-35-31-33-37-19-15-17-29-43(37)45(35)49-47(39-21-7-3-8-22-39)48(40-23-9-4-10-24-40)50(46-36(2)32-34-38-20-16-18-30-44(38)46)51(49,41-25-11-5-12-26-41)42-27-13-6-14-28-42/h3-34H,1-2H3. The average Bonchev–Trinajstić information content (AvgIpc) is 3.51. The molecule has 0 N–H and O–H groups in total. The molecule has 8 aromatic rings. The Morgan fingerprint density at radius 1 is 0.314 bits per heavy atom. The molecule has 0 bridgehead atoms. The van der Waals surface area contributed by atoms with Gasteiger partial charge in [-0.1, -0.05) is 194 Å². The third kappa shape index (κ3) is 4.88. The highest BCUT2D eigenvalue weighted by Crippen LogP contribution is 2.57. The second kappa shape index (κ2) is 12.7. The van der Waals surface area contributed by atoms with E-state index >= 15 is 0 Å². The second-order valence-corrected chi connectivity index (χ2v) is 17.3. The normalized spacial score (nSPS) is 14.1. The molecule has 0 aliphatic carbocycles. The summed E-state index contributed by atoms with van der Waals surface area (Å²) in [4.78, 5) is 0. The number of hydrogen-bond donors (Lipinski definition) is 0. The maximum atomic E-state index is 2.41. The maximum Gasteiger partial charge on any atom is 0.182 e. The van der Waals surface area contributed by atoms with Crippen molar-refractivity contribution >= 4 is 61.5 Å². The number of rotatable bonds is 6. The van der Waals surface area contributed by atoms with Crippen molar-refractivity contribution in [1.29, 1.82) is 0 Å². The van der Waals surface area contributed by atoms with Crippen LogP contribution in [0.1, 0.15) is 33.4 Å². The zero-order valence-corrected chi connectivity index (χ0v) is 30.0. The van der Waals surface area contributed by atoms with Gasteiger partial charge in [-0.2, -0.15) is 0 Å². The third-order valence-corrected chi connectivity index (χ3v) is 15.7. The van der Waals surface area contributed by atoms with Crippen molar-refractivity contribution in [2.75, 3.05) is 0 Å². The lowest BCUT2D eigenvalue weighted by atomic mass is 9.86. The molecule has 0 spiro atoms. The maximum absolute atomic E-state index is 3.15. The fourth-order valence-electron chi connectivity index (χ4n) is 8.71. The summed E-state index contributed by atoms with van der Waals surface area (Å²) in [7, 11) is -3.15. The number of hydrogen-bond acceptors (Lipinski definition) is 0. The molecular formula is C50H38Si. The van der Waals surface area contributed by atoms with Gasteiger partial charge in [-0.3, -0.25) is 0 Å².